The standard InChI is InChI=1S/C14H17F2NO/c1-17(2)14(5-3-13(18)4-6-14)10-7-11(15)9-12(16)8-10/h7-9H,3-6H2,1-2H3. The second-order valence-electron chi connectivity index (χ2n) is 5.12. The zero-order chi connectivity index (χ0) is 13.3. The molecule has 1 saturated carbocycles. The molecule has 98 valence electrons. The summed E-state index contributed by atoms with van der Waals surface area (Å²) >= 11 is 0. The maximum absolute atomic E-state index is 13.4. The topological polar surface area (TPSA) is 20.3 Å². The summed E-state index contributed by atoms with van der Waals surface area (Å²) in [4.78, 5) is 13.3. The van der Waals surface area contributed by atoms with Crippen molar-refractivity contribution in [1.82, 2.24) is 4.90 Å². The Balaban J connectivity index is 2.44. The first-order chi connectivity index (χ1) is 8.44. The van der Waals surface area contributed by atoms with E-state index in [0.717, 1.165) is 6.07 Å². The first kappa shape index (κ1) is 13.1. The van der Waals surface area contributed by atoms with Gasteiger partial charge in [0.1, 0.15) is 17.4 Å². The van der Waals surface area contributed by atoms with E-state index in [4.69, 9.17) is 0 Å². The summed E-state index contributed by atoms with van der Waals surface area (Å²) in [5.41, 5.74) is 0.189. The van der Waals surface area contributed by atoms with E-state index in [1.165, 1.54) is 12.1 Å². The first-order valence-corrected chi connectivity index (χ1v) is 6.10. The van der Waals surface area contributed by atoms with Crippen LogP contribution >= 0.6 is 0 Å². The van der Waals surface area contributed by atoms with Crippen LogP contribution in [0, 0.1) is 11.6 Å². The number of ketones is 1. The van der Waals surface area contributed by atoms with Crippen LogP contribution in [0.2, 0.25) is 0 Å². The molecule has 1 aromatic rings. The lowest BCUT2D eigenvalue weighted by molar-refractivity contribution is -0.122. The van der Waals surface area contributed by atoms with E-state index in [9.17, 15) is 13.6 Å². The molecule has 0 aromatic heterocycles. The molecule has 4 heteroatoms. The third-order valence-electron chi connectivity index (χ3n) is 3.89. The van der Waals surface area contributed by atoms with Crippen LogP contribution in [0.15, 0.2) is 18.2 Å². The number of rotatable bonds is 2. The van der Waals surface area contributed by atoms with E-state index >= 15 is 0 Å². The average molecular weight is 253 g/mol. The van der Waals surface area contributed by atoms with Crippen molar-refractivity contribution < 1.29 is 13.6 Å². The fraction of sp³-hybridized carbons (Fsp3) is 0.500. The Bertz CT molecular complexity index is 441. The molecule has 0 heterocycles. The zero-order valence-corrected chi connectivity index (χ0v) is 10.7. The average Bonchev–Trinajstić information content (AvgIpc) is 2.28. The van der Waals surface area contributed by atoms with Gasteiger partial charge in [0.2, 0.25) is 0 Å². The second-order valence-corrected chi connectivity index (χ2v) is 5.12. The number of Topliss-reactive ketones (excluding diaryl/α,β-unsaturated/α-hetero) is 1. The molecule has 0 spiro atoms. The van der Waals surface area contributed by atoms with Gasteiger partial charge in [-0.25, -0.2) is 8.78 Å². The van der Waals surface area contributed by atoms with Crippen molar-refractivity contribution in [2.24, 2.45) is 0 Å². The van der Waals surface area contributed by atoms with Gasteiger partial charge in [0, 0.05) is 24.4 Å². The molecule has 1 aliphatic carbocycles. The Labute approximate surface area is 106 Å². The van der Waals surface area contributed by atoms with Crippen molar-refractivity contribution in [3.63, 3.8) is 0 Å². The SMILES string of the molecule is CN(C)C1(c2cc(F)cc(F)c2)CCC(=O)CC1. The summed E-state index contributed by atoms with van der Waals surface area (Å²) < 4.78 is 26.7. The van der Waals surface area contributed by atoms with E-state index in [-0.39, 0.29) is 5.78 Å². The van der Waals surface area contributed by atoms with Crippen LogP contribution in [0.1, 0.15) is 31.2 Å². The van der Waals surface area contributed by atoms with Gasteiger partial charge in [0.25, 0.3) is 0 Å². The van der Waals surface area contributed by atoms with Crippen LogP contribution in [0.3, 0.4) is 0 Å². The van der Waals surface area contributed by atoms with Crippen molar-refractivity contribution in [3.05, 3.63) is 35.4 Å². The van der Waals surface area contributed by atoms with Crippen LogP contribution in [0.4, 0.5) is 8.78 Å². The van der Waals surface area contributed by atoms with Crippen molar-refractivity contribution in [3.8, 4) is 0 Å². The molecule has 0 radical (unpaired) electrons. The Morgan fingerprint density at radius 1 is 1.06 bits per heavy atom. The molecule has 0 bridgehead atoms. The predicted octanol–water partition coefficient (Wildman–Crippen LogP) is 2.86. The van der Waals surface area contributed by atoms with Gasteiger partial charge in [-0.2, -0.15) is 0 Å². The fourth-order valence-corrected chi connectivity index (χ4v) is 2.76. The number of carbonyl (C=O) groups is 1. The number of hydrogen-bond donors (Lipinski definition) is 0. The highest BCUT2D eigenvalue weighted by Gasteiger charge is 2.38. The van der Waals surface area contributed by atoms with Gasteiger partial charge in [0.15, 0.2) is 0 Å². The highest BCUT2D eigenvalue weighted by Crippen LogP contribution is 2.40. The monoisotopic (exact) mass is 253 g/mol. The zero-order valence-electron chi connectivity index (χ0n) is 10.7. The lowest BCUT2D eigenvalue weighted by Crippen LogP contribution is -2.44. The molecule has 0 N–H and O–H groups in total. The van der Waals surface area contributed by atoms with Crippen molar-refractivity contribution in [1.29, 1.82) is 0 Å². The molecule has 2 nitrogen and oxygen atoms in total. The largest absolute Gasteiger partial charge is 0.300 e. The van der Waals surface area contributed by atoms with Gasteiger partial charge in [-0.15, -0.1) is 0 Å². The van der Waals surface area contributed by atoms with E-state index < -0.39 is 17.2 Å². The Kier molecular flexibility index (Phi) is 3.48. The van der Waals surface area contributed by atoms with Crippen LogP contribution in [0.5, 0.6) is 0 Å². The minimum absolute atomic E-state index is 0.226. The molecular weight excluding hydrogens is 236 g/mol. The van der Waals surface area contributed by atoms with Gasteiger partial charge in [-0.05, 0) is 44.6 Å². The summed E-state index contributed by atoms with van der Waals surface area (Å²) in [5.74, 6) is -0.907. The molecule has 0 saturated heterocycles. The Morgan fingerprint density at radius 2 is 1.56 bits per heavy atom. The normalized spacial score (nSPS) is 19.3. The van der Waals surface area contributed by atoms with Gasteiger partial charge in [-0.3, -0.25) is 9.69 Å². The van der Waals surface area contributed by atoms with Gasteiger partial charge < -0.3 is 0 Å². The van der Waals surface area contributed by atoms with E-state index in [2.05, 4.69) is 0 Å². The maximum atomic E-state index is 13.4. The molecule has 0 amide bonds. The van der Waals surface area contributed by atoms with Crippen LogP contribution in [-0.2, 0) is 10.3 Å². The van der Waals surface area contributed by atoms with Crippen LogP contribution < -0.4 is 0 Å². The van der Waals surface area contributed by atoms with Crippen molar-refractivity contribution >= 4 is 5.78 Å². The maximum Gasteiger partial charge on any atom is 0.133 e. The summed E-state index contributed by atoms with van der Waals surface area (Å²) in [6, 6.07) is 3.62. The number of hydrogen-bond acceptors (Lipinski definition) is 2. The summed E-state index contributed by atoms with van der Waals surface area (Å²) in [6.07, 6.45) is 2.16. The molecule has 18 heavy (non-hydrogen) atoms. The summed E-state index contributed by atoms with van der Waals surface area (Å²) in [7, 11) is 3.78. The third-order valence-corrected chi connectivity index (χ3v) is 3.89. The lowest BCUT2D eigenvalue weighted by Gasteiger charge is -2.43. The summed E-state index contributed by atoms with van der Waals surface area (Å²) in [6.45, 7) is 0. The van der Waals surface area contributed by atoms with Crippen LogP contribution in [-0.4, -0.2) is 24.8 Å². The quantitative estimate of drug-likeness (QED) is 0.807. The fourth-order valence-electron chi connectivity index (χ4n) is 2.76. The minimum atomic E-state index is -0.567. The number of benzene rings is 1. The number of carbonyl (C=O) groups excluding carboxylic acids is 1. The number of halogens is 2. The van der Waals surface area contributed by atoms with Gasteiger partial charge >= 0.3 is 0 Å². The van der Waals surface area contributed by atoms with E-state index in [1.54, 1.807) is 0 Å². The molecule has 0 atom stereocenters. The minimum Gasteiger partial charge on any atom is -0.300 e. The van der Waals surface area contributed by atoms with E-state index in [0.29, 0.717) is 31.2 Å². The highest BCUT2D eigenvalue weighted by atomic mass is 19.1. The van der Waals surface area contributed by atoms with Crippen molar-refractivity contribution in [2.75, 3.05) is 14.1 Å². The Hall–Kier alpha value is -1.29. The molecule has 1 aromatic carbocycles. The van der Waals surface area contributed by atoms with E-state index in [1.807, 2.05) is 19.0 Å². The molecule has 1 fully saturated rings. The smallest absolute Gasteiger partial charge is 0.133 e. The second kappa shape index (κ2) is 4.76. The highest BCUT2D eigenvalue weighted by molar-refractivity contribution is 5.79. The Morgan fingerprint density at radius 3 is 2.00 bits per heavy atom. The van der Waals surface area contributed by atoms with Gasteiger partial charge in [0.05, 0.1) is 0 Å². The molecular formula is C14H17F2NO. The molecule has 0 unspecified atom stereocenters. The number of nitrogens with zero attached hydrogens (tertiary/aromatic N) is 1. The van der Waals surface area contributed by atoms with Crippen LogP contribution in [0.25, 0.3) is 0 Å². The molecule has 1 aliphatic rings. The summed E-state index contributed by atoms with van der Waals surface area (Å²) in [5, 5.41) is 0. The predicted molar refractivity (Wildman–Crippen MR) is 65.2 cm³/mol. The third kappa shape index (κ3) is 2.29. The lowest BCUT2D eigenvalue weighted by atomic mass is 9.75. The van der Waals surface area contributed by atoms with Crippen molar-refractivity contribution in [2.45, 2.75) is 31.2 Å². The molecule has 2 rings (SSSR count). The first-order valence-electron chi connectivity index (χ1n) is 6.10. The molecule has 0 aliphatic heterocycles. The van der Waals surface area contributed by atoms with Gasteiger partial charge in [-0.1, -0.05) is 0 Å².